The van der Waals surface area contributed by atoms with Crippen LogP contribution < -0.4 is 10.1 Å². The average Bonchev–Trinajstić information content (AvgIpc) is 3.14. The van der Waals surface area contributed by atoms with Crippen LogP contribution in [-0.4, -0.2) is 36.7 Å². The van der Waals surface area contributed by atoms with Crippen molar-refractivity contribution in [3.63, 3.8) is 0 Å². The molecule has 1 N–H and O–H groups in total. The second-order valence-corrected chi connectivity index (χ2v) is 9.16. The number of hydrogen-bond acceptors (Lipinski definition) is 4. The zero-order chi connectivity index (χ0) is 23.6. The molecule has 2 aliphatic heterocycles. The first-order valence-corrected chi connectivity index (χ1v) is 11.9. The lowest BCUT2D eigenvalue weighted by molar-refractivity contribution is -0.0811. The van der Waals surface area contributed by atoms with E-state index in [4.69, 9.17) is 4.74 Å². The molecule has 0 amide bonds. The quantitative estimate of drug-likeness (QED) is 0.512. The number of rotatable bonds is 8. The highest BCUT2D eigenvalue weighted by Crippen LogP contribution is 2.45. The Morgan fingerprint density at radius 2 is 1.91 bits per heavy atom. The van der Waals surface area contributed by atoms with Crippen LogP contribution in [-0.2, 0) is 0 Å². The van der Waals surface area contributed by atoms with Crippen molar-refractivity contribution in [2.45, 2.75) is 63.9 Å². The normalized spacial score (nSPS) is 23.6. The van der Waals surface area contributed by atoms with Crippen LogP contribution in [0.2, 0.25) is 0 Å². The van der Waals surface area contributed by atoms with Crippen LogP contribution in [0, 0.1) is 5.92 Å². The van der Waals surface area contributed by atoms with Gasteiger partial charge in [0.05, 0.1) is 5.56 Å². The van der Waals surface area contributed by atoms with Crippen LogP contribution >= 0.6 is 0 Å². The maximum Gasteiger partial charge on any atom is 0.253 e. The lowest BCUT2D eigenvalue weighted by Gasteiger charge is -2.31. The molecule has 0 saturated carbocycles. The molecule has 0 aromatic heterocycles. The van der Waals surface area contributed by atoms with Crippen molar-refractivity contribution in [1.29, 1.82) is 0 Å². The van der Waals surface area contributed by atoms with Gasteiger partial charge < -0.3 is 10.1 Å². The van der Waals surface area contributed by atoms with Gasteiger partial charge in [0, 0.05) is 55.3 Å². The van der Waals surface area contributed by atoms with E-state index in [1.165, 1.54) is 0 Å². The highest BCUT2D eigenvalue weighted by Gasteiger charge is 2.41. The Kier molecular flexibility index (Phi) is 6.94. The fourth-order valence-electron chi connectivity index (χ4n) is 5.04. The maximum absolute atomic E-state index is 14.1. The summed E-state index contributed by atoms with van der Waals surface area (Å²) in [7, 11) is 0. The van der Waals surface area contributed by atoms with Crippen LogP contribution in [0.5, 0.6) is 5.75 Å². The summed E-state index contributed by atoms with van der Waals surface area (Å²) in [5.41, 5.74) is 2.80. The average molecular weight is 456 g/mol. The molecule has 1 fully saturated rings. The SMILES string of the molecule is CCC(=O)c1cc(C(=O)CCC[C@@H]2CNCCC2(F)F)cc2c1O[C@@H](C)[C@@H]2c1ccccc1. The Morgan fingerprint density at radius 3 is 2.61 bits per heavy atom. The number of hydrogen-bond donors (Lipinski definition) is 1. The van der Waals surface area contributed by atoms with E-state index in [9.17, 15) is 18.4 Å². The number of benzene rings is 2. The van der Waals surface area contributed by atoms with Crippen molar-refractivity contribution >= 4 is 11.6 Å². The van der Waals surface area contributed by atoms with Gasteiger partial charge >= 0.3 is 0 Å². The Morgan fingerprint density at radius 1 is 1.15 bits per heavy atom. The number of ketones is 2. The summed E-state index contributed by atoms with van der Waals surface area (Å²) >= 11 is 0. The Labute approximate surface area is 193 Å². The van der Waals surface area contributed by atoms with E-state index in [1.54, 1.807) is 13.0 Å². The van der Waals surface area contributed by atoms with Crippen LogP contribution in [0.1, 0.15) is 83.7 Å². The van der Waals surface area contributed by atoms with Crippen molar-refractivity contribution < 1.29 is 23.1 Å². The van der Waals surface area contributed by atoms with Gasteiger partial charge in [-0.1, -0.05) is 37.3 Å². The molecule has 0 unspecified atom stereocenters. The molecule has 0 aliphatic carbocycles. The van der Waals surface area contributed by atoms with Crippen LogP contribution in [0.25, 0.3) is 0 Å². The number of fused-ring (bicyclic) bond motifs is 1. The lowest BCUT2D eigenvalue weighted by Crippen LogP contribution is -2.44. The summed E-state index contributed by atoms with van der Waals surface area (Å²) in [5.74, 6) is -3.14. The molecule has 2 aromatic carbocycles. The van der Waals surface area contributed by atoms with E-state index in [1.807, 2.05) is 43.3 Å². The topological polar surface area (TPSA) is 55.4 Å². The summed E-state index contributed by atoms with van der Waals surface area (Å²) in [6, 6.07) is 13.4. The largest absolute Gasteiger partial charge is 0.489 e. The van der Waals surface area contributed by atoms with E-state index < -0.39 is 11.8 Å². The van der Waals surface area contributed by atoms with Gasteiger partial charge in [-0.15, -0.1) is 0 Å². The Bertz CT molecular complexity index is 1020. The number of carbonyl (C=O) groups excluding carboxylic acids is 2. The number of Topliss-reactive ketones (excluding diaryl/α,β-unsaturated/α-hetero) is 2. The van der Waals surface area contributed by atoms with Crippen LogP contribution in [0.3, 0.4) is 0 Å². The molecular formula is C27H31F2NO3. The molecular weight excluding hydrogens is 424 g/mol. The molecule has 0 spiro atoms. The van der Waals surface area contributed by atoms with Gasteiger partial charge in [0.1, 0.15) is 11.9 Å². The Hall–Kier alpha value is -2.60. The van der Waals surface area contributed by atoms with E-state index >= 15 is 0 Å². The summed E-state index contributed by atoms with van der Waals surface area (Å²) < 4.78 is 34.3. The lowest BCUT2D eigenvalue weighted by atomic mass is 9.85. The molecule has 3 atom stereocenters. The monoisotopic (exact) mass is 455 g/mol. The van der Waals surface area contributed by atoms with Gasteiger partial charge in [0.25, 0.3) is 5.92 Å². The predicted molar refractivity (Wildman–Crippen MR) is 124 cm³/mol. The minimum Gasteiger partial charge on any atom is -0.489 e. The summed E-state index contributed by atoms with van der Waals surface area (Å²) in [4.78, 5) is 25.8. The minimum atomic E-state index is -2.68. The van der Waals surface area contributed by atoms with Gasteiger partial charge in [-0.05, 0) is 37.5 Å². The van der Waals surface area contributed by atoms with Crippen molar-refractivity contribution in [2.75, 3.05) is 13.1 Å². The molecule has 1 saturated heterocycles. The summed E-state index contributed by atoms with van der Waals surface area (Å²) in [5, 5.41) is 3.02. The number of piperidine rings is 1. The van der Waals surface area contributed by atoms with E-state index in [0.717, 1.165) is 11.1 Å². The van der Waals surface area contributed by atoms with Gasteiger partial charge in [0.2, 0.25) is 0 Å². The summed E-state index contributed by atoms with van der Waals surface area (Å²) in [6.45, 7) is 4.37. The van der Waals surface area contributed by atoms with Crippen molar-refractivity contribution in [3.05, 3.63) is 64.7 Å². The minimum absolute atomic E-state index is 0.0743. The molecule has 4 rings (SSSR count). The number of ether oxygens (including phenoxy) is 1. The van der Waals surface area contributed by atoms with Crippen molar-refractivity contribution in [1.82, 2.24) is 5.32 Å². The molecule has 176 valence electrons. The third-order valence-corrected chi connectivity index (χ3v) is 6.91. The second kappa shape index (κ2) is 9.72. The first-order chi connectivity index (χ1) is 15.8. The van der Waals surface area contributed by atoms with Gasteiger partial charge in [0.15, 0.2) is 11.6 Å². The highest BCUT2D eigenvalue weighted by atomic mass is 19.3. The van der Waals surface area contributed by atoms with Crippen molar-refractivity contribution in [3.8, 4) is 5.75 Å². The zero-order valence-corrected chi connectivity index (χ0v) is 19.2. The van der Waals surface area contributed by atoms with E-state index in [-0.39, 0.29) is 43.0 Å². The molecule has 0 bridgehead atoms. The molecule has 2 aliphatic rings. The standard InChI is InChI=1S/C27H31F2NO3/c1-3-23(31)21-14-19(24(32)11-7-10-20-16-30-13-12-27(20,28)29)15-22-25(17(2)33-26(21)22)18-8-5-4-6-9-18/h4-6,8-9,14-15,17,20,25,30H,3,7,10-13,16H2,1-2H3/t17-,20+,25+/m0/s1. The number of carbonyl (C=O) groups is 2. The maximum atomic E-state index is 14.1. The molecule has 4 nitrogen and oxygen atoms in total. The van der Waals surface area contributed by atoms with Crippen LogP contribution in [0.4, 0.5) is 8.78 Å². The first kappa shape index (κ1) is 23.6. The molecule has 33 heavy (non-hydrogen) atoms. The Balaban J connectivity index is 1.58. The third-order valence-electron chi connectivity index (χ3n) is 6.91. The highest BCUT2D eigenvalue weighted by molar-refractivity contribution is 6.04. The molecule has 0 radical (unpaired) electrons. The van der Waals surface area contributed by atoms with Gasteiger partial charge in [-0.2, -0.15) is 0 Å². The van der Waals surface area contributed by atoms with Gasteiger partial charge in [-0.25, -0.2) is 8.78 Å². The molecule has 2 aromatic rings. The predicted octanol–water partition coefficient (Wildman–Crippen LogP) is 5.79. The zero-order valence-electron chi connectivity index (χ0n) is 19.2. The number of nitrogens with one attached hydrogen (secondary N) is 1. The van der Waals surface area contributed by atoms with E-state index in [2.05, 4.69) is 5.32 Å². The first-order valence-electron chi connectivity index (χ1n) is 11.9. The third kappa shape index (κ3) is 4.86. The second-order valence-electron chi connectivity index (χ2n) is 9.16. The fraction of sp³-hybridized carbons (Fsp3) is 0.481. The fourth-order valence-corrected chi connectivity index (χ4v) is 5.04. The number of halogens is 2. The smallest absolute Gasteiger partial charge is 0.253 e. The van der Waals surface area contributed by atoms with Gasteiger partial charge in [-0.3, -0.25) is 9.59 Å². The van der Waals surface area contributed by atoms with Crippen LogP contribution in [0.15, 0.2) is 42.5 Å². The molecule has 2 heterocycles. The molecule has 6 heteroatoms. The summed E-state index contributed by atoms with van der Waals surface area (Å²) in [6.07, 6.45) is 0.850. The van der Waals surface area contributed by atoms with Crippen molar-refractivity contribution in [2.24, 2.45) is 5.92 Å². The van der Waals surface area contributed by atoms with E-state index in [0.29, 0.717) is 42.7 Å². The number of alkyl halides is 2.